The number of hydrogen-bond acceptors (Lipinski definition) is 6. The van der Waals surface area contributed by atoms with Gasteiger partial charge in [0.2, 0.25) is 0 Å². The highest BCUT2D eigenvalue weighted by Gasteiger charge is 2.22. The molecule has 0 unspecified atom stereocenters. The average molecular weight is 510 g/mol. The summed E-state index contributed by atoms with van der Waals surface area (Å²) in [5.74, 6) is 1.88. The van der Waals surface area contributed by atoms with Crippen LogP contribution in [0.25, 0.3) is 0 Å². The van der Waals surface area contributed by atoms with E-state index in [1.807, 2.05) is 32.0 Å². The Morgan fingerprint density at radius 1 is 1.03 bits per heavy atom. The summed E-state index contributed by atoms with van der Waals surface area (Å²) in [6, 6.07) is 11.8. The molecule has 1 aliphatic heterocycles. The number of pyridine rings is 2. The van der Waals surface area contributed by atoms with Crippen LogP contribution < -0.4 is 25.6 Å². The Morgan fingerprint density at radius 3 is 2.53 bits per heavy atom. The molecule has 0 atom stereocenters. The number of anilines is 4. The number of halogens is 1. The smallest absolute Gasteiger partial charge is 0.323 e. The van der Waals surface area contributed by atoms with Gasteiger partial charge in [0.05, 0.1) is 24.2 Å². The molecule has 0 saturated carbocycles. The first kappa shape index (κ1) is 25.1. The summed E-state index contributed by atoms with van der Waals surface area (Å²) in [5, 5.41) is 8.88. The molecule has 0 bridgehead atoms. The Bertz CT molecular complexity index is 1210. The zero-order chi connectivity index (χ0) is 25.5. The summed E-state index contributed by atoms with van der Waals surface area (Å²) < 4.78 is 5.53. The van der Waals surface area contributed by atoms with Crippen LogP contribution in [0.3, 0.4) is 0 Å². The van der Waals surface area contributed by atoms with E-state index in [-0.39, 0.29) is 6.03 Å². The number of rotatable bonds is 6. The van der Waals surface area contributed by atoms with Crippen LogP contribution in [0.2, 0.25) is 5.02 Å². The molecule has 11 heteroatoms. The molecule has 2 aromatic heterocycles. The number of benzene rings is 1. The minimum atomic E-state index is -0.435. The van der Waals surface area contributed by atoms with Gasteiger partial charge in [0.25, 0.3) is 0 Å². The van der Waals surface area contributed by atoms with Crippen LogP contribution in [0.1, 0.15) is 12.5 Å². The molecule has 3 aromatic rings. The van der Waals surface area contributed by atoms with Crippen LogP contribution in [0.5, 0.6) is 5.75 Å². The normalized spacial score (nSPS) is 13.2. The van der Waals surface area contributed by atoms with Gasteiger partial charge in [-0.15, -0.1) is 0 Å². The Kier molecular flexibility index (Phi) is 8.06. The van der Waals surface area contributed by atoms with Gasteiger partial charge in [-0.05, 0) is 55.8 Å². The molecule has 4 rings (SSSR count). The highest BCUT2D eigenvalue weighted by molar-refractivity contribution is 6.31. The summed E-state index contributed by atoms with van der Waals surface area (Å²) in [6.07, 6.45) is 3.25. The second-order valence-corrected chi connectivity index (χ2v) is 8.57. The van der Waals surface area contributed by atoms with E-state index in [0.717, 1.165) is 11.4 Å². The fourth-order valence-electron chi connectivity index (χ4n) is 3.75. The van der Waals surface area contributed by atoms with Crippen molar-refractivity contribution in [3.8, 4) is 5.75 Å². The van der Waals surface area contributed by atoms with Gasteiger partial charge in [0.1, 0.15) is 17.4 Å². The van der Waals surface area contributed by atoms with Crippen molar-refractivity contribution in [2.75, 3.05) is 53.6 Å². The molecule has 188 valence electrons. The van der Waals surface area contributed by atoms with Gasteiger partial charge in [-0.1, -0.05) is 17.7 Å². The third-order valence-electron chi connectivity index (χ3n) is 5.62. The lowest BCUT2D eigenvalue weighted by Gasteiger charge is -2.35. The van der Waals surface area contributed by atoms with Gasteiger partial charge in [-0.3, -0.25) is 5.32 Å². The lowest BCUT2D eigenvalue weighted by molar-refractivity contribution is 0.208. The van der Waals surface area contributed by atoms with Gasteiger partial charge >= 0.3 is 12.1 Å². The third kappa shape index (κ3) is 6.33. The number of aryl methyl sites for hydroxylation is 1. The van der Waals surface area contributed by atoms with Gasteiger partial charge < -0.3 is 25.2 Å². The number of piperazine rings is 1. The van der Waals surface area contributed by atoms with Crippen LogP contribution in [-0.2, 0) is 0 Å². The summed E-state index contributed by atoms with van der Waals surface area (Å²) in [7, 11) is 0. The first-order chi connectivity index (χ1) is 17.4. The second kappa shape index (κ2) is 11.6. The number of urea groups is 2. The van der Waals surface area contributed by atoms with Crippen molar-refractivity contribution in [3.05, 3.63) is 65.4 Å². The Labute approximate surface area is 214 Å². The lowest BCUT2D eigenvalue weighted by atomic mass is 10.3. The predicted octanol–water partition coefficient (Wildman–Crippen LogP) is 4.84. The van der Waals surface area contributed by atoms with Crippen molar-refractivity contribution in [1.29, 1.82) is 0 Å². The summed E-state index contributed by atoms with van der Waals surface area (Å²) in [5.41, 5.74) is 1.94. The standard InChI is InChI=1S/C25H28ClN7O3/c1-3-36-21-8-6-18(26)15-20(21)30-24(34)29-19-7-9-22(28-16-19)32-11-13-33(14-12-32)25(35)31-23-17(2)5-4-10-27-23/h4-10,15-16H,3,11-14H2,1-2H3,(H,27,31,35)(H2,29,30,34). The highest BCUT2D eigenvalue weighted by Crippen LogP contribution is 2.28. The van der Waals surface area contributed by atoms with Gasteiger partial charge in [-0.2, -0.15) is 0 Å². The first-order valence-corrected chi connectivity index (χ1v) is 12.0. The van der Waals surface area contributed by atoms with Crippen molar-refractivity contribution in [3.63, 3.8) is 0 Å². The van der Waals surface area contributed by atoms with Crippen LogP contribution in [0.4, 0.5) is 32.6 Å². The largest absolute Gasteiger partial charge is 0.492 e. The molecule has 1 aromatic carbocycles. The fourth-order valence-corrected chi connectivity index (χ4v) is 3.92. The van der Waals surface area contributed by atoms with E-state index >= 15 is 0 Å². The highest BCUT2D eigenvalue weighted by atomic mass is 35.5. The molecule has 3 N–H and O–H groups in total. The Hall–Kier alpha value is -4.05. The van der Waals surface area contributed by atoms with E-state index in [1.54, 1.807) is 41.6 Å². The van der Waals surface area contributed by atoms with Crippen LogP contribution in [-0.4, -0.2) is 59.7 Å². The summed E-state index contributed by atoms with van der Waals surface area (Å²) in [4.78, 5) is 37.6. The number of ether oxygens (including phenoxy) is 1. The number of amides is 4. The quantitative estimate of drug-likeness (QED) is 0.438. The van der Waals surface area contributed by atoms with Gasteiger partial charge in [-0.25, -0.2) is 19.6 Å². The molecule has 1 saturated heterocycles. The second-order valence-electron chi connectivity index (χ2n) is 8.13. The number of carbonyl (C=O) groups is 2. The number of hydrogen-bond donors (Lipinski definition) is 3. The van der Waals surface area contributed by atoms with Crippen LogP contribution >= 0.6 is 11.6 Å². The van der Waals surface area contributed by atoms with Crippen molar-refractivity contribution >= 4 is 46.7 Å². The summed E-state index contributed by atoms with van der Waals surface area (Å²) >= 11 is 6.05. The topological polar surface area (TPSA) is 112 Å². The molecule has 0 radical (unpaired) electrons. The van der Waals surface area contributed by atoms with E-state index < -0.39 is 6.03 Å². The van der Waals surface area contributed by atoms with Crippen molar-refractivity contribution in [2.24, 2.45) is 0 Å². The molecule has 0 spiro atoms. The van der Waals surface area contributed by atoms with E-state index in [2.05, 4.69) is 30.8 Å². The molecule has 1 aliphatic rings. The molecule has 10 nitrogen and oxygen atoms in total. The first-order valence-electron chi connectivity index (χ1n) is 11.6. The predicted molar refractivity (Wildman–Crippen MR) is 141 cm³/mol. The van der Waals surface area contributed by atoms with E-state index in [9.17, 15) is 9.59 Å². The molecular weight excluding hydrogens is 482 g/mol. The van der Waals surface area contributed by atoms with Crippen molar-refractivity contribution in [1.82, 2.24) is 14.9 Å². The molecule has 0 aliphatic carbocycles. The minimum absolute atomic E-state index is 0.165. The Morgan fingerprint density at radius 2 is 1.83 bits per heavy atom. The van der Waals surface area contributed by atoms with E-state index in [1.165, 1.54) is 0 Å². The van der Waals surface area contributed by atoms with Crippen molar-refractivity contribution < 1.29 is 14.3 Å². The minimum Gasteiger partial charge on any atom is -0.492 e. The number of nitrogens with zero attached hydrogens (tertiary/aromatic N) is 4. The number of aromatic nitrogens is 2. The van der Waals surface area contributed by atoms with Crippen molar-refractivity contribution in [2.45, 2.75) is 13.8 Å². The molecule has 3 heterocycles. The van der Waals surface area contributed by atoms with E-state index in [4.69, 9.17) is 16.3 Å². The third-order valence-corrected chi connectivity index (χ3v) is 5.86. The zero-order valence-electron chi connectivity index (χ0n) is 20.1. The van der Waals surface area contributed by atoms with Crippen LogP contribution in [0.15, 0.2) is 54.9 Å². The lowest BCUT2D eigenvalue weighted by Crippen LogP contribution is -2.50. The maximum atomic E-state index is 12.6. The van der Waals surface area contributed by atoms with E-state index in [0.29, 0.717) is 60.8 Å². The molecule has 4 amide bonds. The molecule has 36 heavy (non-hydrogen) atoms. The van der Waals surface area contributed by atoms with Crippen LogP contribution in [0, 0.1) is 6.92 Å². The monoisotopic (exact) mass is 509 g/mol. The summed E-state index contributed by atoms with van der Waals surface area (Å²) in [6.45, 7) is 6.64. The van der Waals surface area contributed by atoms with Gasteiger partial charge in [0.15, 0.2) is 0 Å². The number of carbonyl (C=O) groups excluding carboxylic acids is 2. The van der Waals surface area contributed by atoms with Gasteiger partial charge in [0, 0.05) is 37.4 Å². The Balaban J connectivity index is 1.29. The molecule has 1 fully saturated rings. The fraction of sp³-hybridized carbons (Fsp3) is 0.280. The maximum absolute atomic E-state index is 12.6. The average Bonchev–Trinajstić information content (AvgIpc) is 2.87. The maximum Gasteiger partial charge on any atom is 0.323 e. The number of nitrogens with one attached hydrogen (secondary N) is 3. The zero-order valence-corrected chi connectivity index (χ0v) is 20.9. The molecular formula is C25H28ClN7O3. The SMILES string of the molecule is CCOc1ccc(Cl)cc1NC(=O)Nc1ccc(N2CCN(C(=O)Nc3ncccc3C)CC2)nc1.